The van der Waals surface area contributed by atoms with Crippen LogP contribution in [0.3, 0.4) is 0 Å². The molecular weight excluding hydrogens is 256 g/mol. The third-order valence-electron chi connectivity index (χ3n) is 2.85. The number of hydrogen-bond donors (Lipinski definition) is 2. The van der Waals surface area contributed by atoms with Crippen LogP contribution in [0.25, 0.3) is 10.9 Å². The Morgan fingerprint density at radius 3 is 2.90 bits per heavy atom. The quantitative estimate of drug-likeness (QED) is 0.818. The van der Waals surface area contributed by atoms with Crippen molar-refractivity contribution in [2.24, 2.45) is 0 Å². The van der Waals surface area contributed by atoms with E-state index >= 15 is 0 Å². The van der Waals surface area contributed by atoms with Crippen LogP contribution in [-0.2, 0) is 4.74 Å². The van der Waals surface area contributed by atoms with Crippen LogP contribution in [0, 0.1) is 0 Å². The van der Waals surface area contributed by atoms with Gasteiger partial charge in [-0.3, -0.25) is 4.98 Å². The number of nitrogens with one attached hydrogen (secondary N) is 1. The second kappa shape index (κ2) is 6.34. The fourth-order valence-corrected chi connectivity index (χ4v) is 1.95. The molecule has 1 heterocycles. The minimum absolute atomic E-state index is 0.307. The maximum Gasteiger partial charge on any atom is 0.341 e. The molecule has 2 rings (SSSR count). The highest BCUT2D eigenvalue weighted by Crippen LogP contribution is 2.26. The Balaban J connectivity index is 2.49. The highest BCUT2D eigenvalue weighted by molar-refractivity contribution is 6.04. The van der Waals surface area contributed by atoms with Gasteiger partial charge in [0.2, 0.25) is 0 Å². The summed E-state index contributed by atoms with van der Waals surface area (Å²) in [6.45, 7) is 4.09. The monoisotopic (exact) mass is 274 g/mol. The van der Waals surface area contributed by atoms with E-state index in [1.165, 1.54) is 6.20 Å². The minimum Gasteiger partial charge on any atom is -0.462 e. The van der Waals surface area contributed by atoms with E-state index in [9.17, 15) is 9.90 Å². The topological polar surface area (TPSA) is 71.5 Å². The molecule has 2 N–H and O–H groups in total. The first-order chi connectivity index (χ1) is 9.63. The lowest BCUT2D eigenvalue weighted by Gasteiger charge is -2.14. The molecular formula is C15H18N2O3. The summed E-state index contributed by atoms with van der Waals surface area (Å²) in [5.41, 5.74) is 1.81. The molecule has 0 aliphatic carbocycles. The number of rotatable bonds is 5. The molecule has 0 aliphatic rings. The van der Waals surface area contributed by atoms with Crippen molar-refractivity contribution in [1.82, 2.24) is 4.98 Å². The van der Waals surface area contributed by atoms with Gasteiger partial charge in [-0.2, -0.15) is 0 Å². The number of pyridine rings is 1. The average Bonchev–Trinajstić information content (AvgIpc) is 2.44. The number of benzene rings is 1. The zero-order valence-corrected chi connectivity index (χ0v) is 11.6. The largest absolute Gasteiger partial charge is 0.462 e. The predicted molar refractivity (Wildman–Crippen MR) is 77.9 cm³/mol. The summed E-state index contributed by atoms with van der Waals surface area (Å²) in [4.78, 5) is 16.3. The van der Waals surface area contributed by atoms with Gasteiger partial charge in [0.05, 0.1) is 23.9 Å². The fraction of sp³-hybridized carbons (Fsp3) is 0.333. The Kier molecular flexibility index (Phi) is 4.53. The molecule has 1 aromatic heterocycles. The van der Waals surface area contributed by atoms with E-state index in [1.807, 2.05) is 24.3 Å². The van der Waals surface area contributed by atoms with Gasteiger partial charge >= 0.3 is 5.97 Å². The van der Waals surface area contributed by atoms with E-state index in [-0.39, 0.29) is 0 Å². The molecule has 0 spiro atoms. The number of fused-ring (bicyclic) bond motifs is 1. The number of esters is 1. The highest BCUT2D eigenvalue weighted by Gasteiger charge is 2.16. The van der Waals surface area contributed by atoms with Gasteiger partial charge in [-0.15, -0.1) is 0 Å². The van der Waals surface area contributed by atoms with Crippen LogP contribution in [0.4, 0.5) is 5.69 Å². The molecule has 5 heteroatoms. The Morgan fingerprint density at radius 2 is 2.20 bits per heavy atom. The van der Waals surface area contributed by atoms with Crippen molar-refractivity contribution < 1.29 is 14.6 Å². The number of hydrogen-bond acceptors (Lipinski definition) is 5. The van der Waals surface area contributed by atoms with E-state index in [0.29, 0.717) is 24.4 Å². The highest BCUT2D eigenvalue weighted by atomic mass is 16.5. The number of carbonyl (C=O) groups excluding carboxylic acids is 1. The summed E-state index contributed by atoms with van der Waals surface area (Å²) in [7, 11) is 0. The second-order valence-electron chi connectivity index (χ2n) is 4.51. The Hall–Kier alpha value is -2.14. The average molecular weight is 274 g/mol. The summed E-state index contributed by atoms with van der Waals surface area (Å²) in [5, 5.41) is 13.4. The molecule has 0 saturated heterocycles. The summed E-state index contributed by atoms with van der Waals surface area (Å²) < 4.78 is 5.04. The van der Waals surface area contributed by atoms with Gasteiger partial charge in [-0.05, 0) is 19.9 Å². The first-order valence-corrected chi connectivity index (χ1v) is 6.60. The normalized spacial score (nSPS) is 12.2. The third-order valence-corrected chi connectivity index (χ3v) is 2.85. The van der Waals surface area contributed by atoms with Gasteiger partial charge in [-0.1, -0.05) is 18.2 Å². The van der Waals surface area contributed by atoms with Crippen LogP contribution in [0.2, 0.25) is 0 Å². The van der Waals surface area contributed by atoms with Gasteiger partial charge in [0.15, 0.2) is 0 Å². The van der Waals surface area contributed by atoms with Crippen LogP contribution in [0.5, 0.6) is 0 Å². The maximum atomic E-state index is 12.0. The molecule has 1 atom stereocenters. The molecule has 0 fully saturated rings. The Morgan fingerprint density at radius 1 is 1.45 bits per heavy atom. The zero-order valence-electron chi connectivity index (χ0n) is 11.6. The first-order valence-electron chi connectivity index (χ1n) is 6.60. The van der Waals surface area contributed by atoms with Crippen molar-refractivity contribution in [2.75, 3.05) is 18.5 Å². The van der Waals surface area contributed by atoms with Crippen molar-refractivity contribution in [2.45, 2.75) is 20.0 Å². The summed E-state index contributed by atoms with van der Waals surface area (Å²) in [5.74, 6) is -0.418. The molecule has 0 bridgehead atoms. The predicted octanol–water partition coefficient (Wildman–Crippen LogP) is 2.20. The molecule has 0 saturated carbocycles. The smallest absolute Gasteiger partial charge is 0.341 e. The second-order valence-corrected chi connectivity index (χ2v) is 4.51. The van der Waals surface area contributed by atoms with Crippen molar-refractivity contribution in [3.8, 4) is 0 Å². The Labute approximate surface area is 117 Å². The molecule has 5 nitrogen and oxygen atoms in total. The summed E-state index contributed by atoms with van der Waals surface area (Å²) in [6.07, 6.45) is 0.988. The molecule has 0 unspecified atom stereocenters. The number of anilines is 1. The van der Waals surface area contributed by atoms with Gasteiger partial charge in [0.25, 0.3) is 0 Å². The van der Waals surface area contributed by atoms with Gasteiger partial charge in [0, 0.05) is 18.1 Å². The van der Waals surface area contributed by atoms with Crippen molar-refractivity contribution in [1.29, 1.82) is 0 Å². The van der Waals surface area contributed by atoms with E-state index in [0.717, 1.165) is 10.9 Å². The first kappa shape index (κ1) is 14.3. The molecule has 106 valence electrons. The molecule has 2 aromatic rings. The van der Waals surface area contributed by atoms with Crippen LogP contribution in [0.1, 0.15) is 24.2 Å². The van der Waals surface area contributed by atoms with Crippen LogP contribution < -0.4 is 5.32 Å². The molecule has 0 amide bonds. The summed E-state index contributed by atoms with van der Waals surface area (Å²) >= 11 is 0. The minimum atomic E-state index is -0.517. The third kappa shape index (κ3) is 3.05. The molecule has 20 heavy (non-hydrogen) atoms. The number of carbonyl (C=O) groups is 1. The number of ether oxygens (including phenoxy) is 1. The standard InChI is InChI=1S/C15H18N2O3/c1-3-20-15(19)12-9-16-13-7-5-4-6-11(13)14(12)17-8-10(2)18/h4-7,9-10,18H,3,8H2,1-2H3,(H,16,17)/t10-/m1/s1. The van der Waals surface area contributed by atoms with E-state index < -0.39 is 12.1 Å². The molecule has 1 aromatic carbocycles. The number of aliphatic hydroxyl groups excluding tert-OH is 1. The lowest BCUT2D eigenvalue weighted by atomic mass is 10.1. The molecule has 0 aliphatic heterocycles. The van der Waals surface area contributed by atoms with Gasteiger partial charge in [0.1, 0.15) is 5.56 Å². The number of nitrogens with zero attached hydrogens (tertiary/aromatic N) is 1. The van der Waals surface area contributed by atoms with Gasteiger partial charge in [-0.25, -0.2) is 4.79 Å². The van der Waals surface area contributed by atoms with Crippen LogP contribution in [0.15, 0.2) is 30.5 Å². The number of aliphatic hydroxyl groups is 1. The summed E-state index contributed by atoms with van der Waals surface area (Å²) in [6, 6.07) is 7.53. The van der Waals surface area contributed by atoms with E-state index in [4.69, 9.17) is 4.74 Å². The van der Waals surface area contributed by atoms with Crippen molar-refractivity contribution in [3.63, 3.8) is 0 Å². The lowest BCUT2D eigenvalue weighted by molar-refractivity contribution is 0.0527. The van der Waals surface area contributed by atoms with Crippen LogP contribution >= 0.6 is 0 Å². The Bertz CT molecular complexity index is 611. The van der Waals surface area contributed by atoms with Gasteiger partial charge < -0.3 is 15.2 Å². The molecule has 0 radical (unpaired) electrons. The maximum absolute atomic E-state index is 12.0. The van der Waals surface area contributed by atoms with E-state index in [1.54, 1.807) is 13.8 Å². The SMILES string of the molecule is CCOC(=O)c1cnc2ccccc2c1NC[C@@H](C)O. The van der Waals surface area contributed by atoms with Crippen LogP contribution in [-0.4, -0.2) is 35.3 Å². The van der Waals surface area contributed by atoms with Crippen molar-refractivity contribution in [3.05, 3.63) is 36.0 Å². The zero-order chi connectivity index (χ0) is 14.5. The van der Waals surface area contributed by atoms with E-state index in [2.05, 4.69) is 10.3 Å². The van der Waals surface area contributed by atoms with Crippen molar-refractivity contribution >= 4 is 22.6 Å². The fourth-order valence-electron chi connectivity index (χ4n) is 1.95. The number of aromatic nitrogens is 1. The lowest BCUT2D eigenvalue weighted by Crippen LogP contribution is -2.18. The number of para-hydroxylation sites is 1.